The molecule has 3 aromatic rings. The summed E-state index contributed by atoms with van der Waals surface area (Å²) in [7, 11) is 0. The molecular weight excluding hydrogens is 281 g/mol. The van der Waals surface area contributed by atoms with Crippen molar-refractivity contribution in [3.63, 3.8) is 0 Å². The van der Waals surface area contributed by atoms with Crippen LogP contribution in [0.25, 0.3) is 16.7 Å². The molecule has 0 aliphatic heterocycles. The molecule has 5 heteroatoms. The van der Waals surface area contributed by atoms with E-state index >= 15 is 0 Å². The van der Waals surface area contributed by atoms with E-state index in [2.05, 4.69) is 4.98 Å². The molecule has 0 bridgehead atoms. The molecule has 19 heavy (non-hydrogen) atoms. The van der Waals surface area contributed by atoms with Gasteiger partial charge >= 0.3 is 0 Å². The van der Waals surface area contributed by atoms with Crippen LogP contribution in [0.1, 0.15) is 5.56 Å². The smallest absolute Gasteiger partial charge is 0.205 e. The highest BCUT2D eigenvalue weighted by atomic mass is 35.5. The molecule has 3 nitrogen and oxygen atoms in total. The number of rotatable bonds is 1. The summed E-state index contributed by atoms with van der Waals surface area (Å²) in [6.45, 7) is 2.01. The molecule has 0 saturated heterocycles. The Labute approximate surface area is 120 Å². The van der Waals surface area contributed by atoms with Crippen LogP contribution in [0.5, 0.6) is 0 Å². The van der Waals surface area contributed by atoms with Crippen LogP contribution < -0.4 is 5.73 Å². The molecule has 0 atom stereocenters. The summed E-state index contributed by atoms with van der Waals surface area (Å²) in [4.78, 5) is 4.36. The number of para-hydroxylation sites is 1. The third-order valence-electron chi connectivity index (χ3n) is 3.08. The quantitative estimate of drug-likeness (QED) is 0.729. The Kier molecular flexibility index (Phi) is 2.88. The van der Waals surface area contributed by atoms with Crippen LogP contribution in [0.4, 0.5) is 5.95 Å². The minimum Gasteiger partial charge on any atom is -0.369 e. The maximum absolute atomic E-state index is 6.27. The van der Waals surface area contributed by atoms with Gasteiger partial charge in [0.05, 0.1) is 26.8 Å². The highest BCUT2D eigenvalue weighted by molar-refractivity contribution is 6.43. The third-order valence-corrected chi connectivity index (χ3v) is 3.89. The van der Waals surface area contributed by atoms with Crippen LogP contribution in [0, 0.1) is 6.92 Å². The lowest BCUT2D eigenvalue weighted by atomic mass is 10.2. The number of nitrogens with two attached hydrogens (primary N) is 1. The van der Waals surface area contributed by atoms with Crippen molar-refractivity contribution in [3.8, 4) is 5.69 Å². The zero-order chi connectivity index (χ0) is 13.6. The first-order valence-corrected chi connectivity index (χ1v) is 6.53. The normalized spacial score (nSPS) is 11.1. The maximum Gasteiger partial charge on any atom is 0.205 e. The van der Waals surface area contributed by atoms with Crippen LogP contribution in [-0.2, 0) is 0 Å². The van der Waals surface area contributed by atoms with Crippen LogP contribution in [0.15, 0.2) is 36.4 Å². The number of imidazole rings is 1. The lowest BCUT2D eigenvalue weighted by Gasteiger charge is -2.10. The average Bonchev–Trinajstić information content (AvgIpc) is 2.71. The fourth-order valence-electron chi connectivity index (χ4n) is 2.22. The number of halogens is 2. The number of anilines is 1. The first-order valence-electron chi connectivity index (χ1n) is 5.77. The van der Waals surface area contributed by atoms with Crippen molar-refractivity contribution in [3.05, 3.63) is 52.0 Å². The zero-order valence-electron chi connectivity index (χ0n) is 10.2. The van der Waals surface area contributed by atoms with Crippen molar-refractivity contribution in [1.82, 2.24) is 9.55 Å². The number of benzene rings is 2. The number of hydrogen-bond donors (Lipinski definition) is 1. The highest BCUT2D eigenvalue weighted by Gasteiger charge is 2.15. The standard InChI is InChI=1S/C14H11Cl2N3/c1-8-4-2-6-10-13(8)19(14(17)18-10)11-7-3-5-9(15)12(11)16/h2-7H,1H3,(H2,17,18). The Hall–Kier alpha value is -1.71. The second kappa shape index (κ2) is 4.44. The SMILES string of the molecule is Cc1cccc2nc(N)n(-c3cccc(Cl)c3Cl)c12. The summed E-state index contributed by atoms with van der Waals surface area (Å²) >= 11 is 12.3. The molecule has 1 heterocycles. The zero-order valence-corrected chi connectivity index (χ0v) is 11.7. The molecule has 3 rings (SSSR count). The van der Waals surface area contributed by atoms with Crippen molar-refractivity contribution >= 4 is 40.2 Å². The van der Waals surface area contributed by atoms with Gasteiger partial charge < -0.3 is 5.73 Å². The average molecular weight is 292 g/mol. The molecule has 1 aromatic heterocycles. The number of fused-ring (bicyclic) bond motifs is 1. The van der Waals surface area contributed by atoms with E-state index in [1.165, 1.54) is 0 Å². The second-order valence-corrected chi connectivity index (χ2v) is 5.11. The van der Waals surface area contributed by atoms with E-state index < -0.39 is 0 Å². The third kappa shape index (κ3) is 1.86. The summed E-state index contributed by atoms with van der Waals surface area (Å²) in [5, 5.41) is 0.965. The Balaban J connectivity index is 2.43. The van der Waals surface area contributed by atoms with Gasteiger partial charge in [0, 0.05) is 0 Å². The summed E-state index contributed by atoms with van der Waals surface area (Å²) in [5.74, 6) is 0.397. The molecule has 0 saturated carbocycles. The van der Waals surface area contributed by atoms with Gasteiger partial charge in [-0.25, -0.2) is 4.98 Å². The molecule has 0 fully saturated rings. The van der Waals surface area contributed by atoms with Gasteiger partial charge in [-0.2, -0.15) is 0 Å². The first-order chi connectivity index (χ1) is 9.09. The van der Waals surface area contributed by atoms with E-state index in [1.807, 2.05) is 41.8 Å². The van der Waals surface area contributed by atoms with E-state index in [9.17, 15) is 0 Å². The van der Waals surface area contributed by atoms with Crippen molar-refractivity contribution in [2.75, 3.05) is 5.73 Å². The lowest BCUT2D eigenvalue weighted by molar-refractivity contribution is 1.10. The predicted molar refractivity (Wildman–Crippen MR) is 80.2 cm³/mol. The Morgan fingerprint density at radius 1 is 1.11 bits per heavy atom. The van der Waals surface area contributed by atoms with Crippen molar-refractivity contribution in [2.24, 2.45) is 0 Å². The topological polar surface area (TPSA) is 43.8 Å². The van der Waals surface area contributed by atoms with Gasteiger partial charge in [0.15, 0.2) is 0 Å². The second-order valence-electron chi connectivity index (χ2n) is 4.32. The number of nitrogens with zero attached hydrogens (tertiary/aromatic N) is 2. The van der Waals surface area contributed by atoms with E-state index in [-0.39, 0.29) is 0 Å². The molecule has 0 unspecified atom stereocenters. The van der Waals surface area contributed by atoms with Gasteiger partial charge in [0.1, 0.15) is 0 Å². The van der Waals surface area contributed by atoms with E-state index in [0.717, 1.165) is 22.3 Å². The molecule has 0 spiro atoms. The minimum atomic E-state index is 0.397. The Morgan fingerprint density at radius 3 is 2.63 bits per heavy atom. The molecular formula is C14H11Cl2N3. The fourth-order valence-corrected chi connectivity index (χ4v) is 2.60. The molecule has 2 aromatic carbocycles. The van der Waals surface area contributed by atoms with Gasteiger partial charge in [-0.1, -0.05) is 41.4 Å². The monoisotopic (exact) mass is 291 g/mol. The molecule has 96 valence electrons. The Morgan fingerprint density at radius 2 is 1.84 bits per heavy atom. The van der Waals surface area contributed by atoms with Crippen molar-refractivity contribution < 1.29 is 0 Å². The molecule has 0 radical (unpaired) electrons. The number of hydrogen-bond acceptors (Lipinski definition) is 2. The number of aromatic nitrogens is 2. The van der Waals surface area contributed by atoms with Crippen LogP contribution >= 0.6 is 23.2 Å². The molecule has 0 aliphatic rings. The van der Waals surface area contributed by atoms with Gasteiger partial charge in [0.25, 0.3) is 0 Å². The number of nitrogen functional groups attached to an aromatic ring is 1. The highest BCUT2D eigenvalue weighted by Crippen LogP contribution is 2.33. The minimum absolute atomic E-state index is 0.397. The van der Waals surface area contributed by atoms with Gasteiger partial charge in [-0.3, -0.25) is 4.57 Å². The summed E-state index contributed by atoms with van der Waals surface area (Å²) < 4.78 is 1.83. The van der Waals surface area contributed by atoms with Gasteiger partial charge in [0.2, 0.25) is 5.95 Å². The van der Waals surface area contributed by atoms with Crippen molar-refractivity contribution in [1.29, 1.82) is 0 Å². The van der Waals surface area contributed by atoms with Crippen LogP contribution in [-0.4, -0.2) is 9.55 Å². The Bertz CT molecular complexity index is 778. The van der Waals surface area contributed by atoms with Gasteiger partial charge in [-0.15, -0.1) is 0 Å². The number of aryl methyl sites for hydroxylation is 1. The lowest BCUT2D eigenvalue weighted by Crippen LogP contribution is -2.02. The molecule has 0 aliphatic carbocycles. The van der Waals surface area contributed by atoms with E-state index in [1.54, 1.807) is 6.07 Å². The van der Waals surface area contributed by atoms with Crippen LogP contribution in [0.2, 0.25) is 10.0 Å². The summed E-state index contributed by atoms with van der Waals surface area (Å²) in [6.07, 6.45) is 0. The largest absolute Gasteiger partial charge is 0.369 e. The van der Waals surface area contributed by atoms with Gasteiger partial charge in [-0.05, 0) is 30.7 Å². The van der Waals surface area contributed by atoms with E-state index in [4.69, 9.17) is 28.9 Å². The van der Waals surface area contributed by atoms with Crippen molar-refractivity contribution in [2.45, 2.75) is 6.92 Å². The maximum atomic E-state index is 6.27. The molecule has 2 N–H and O–H groups in total. The van der Waals surface area contributed by atoms with Crippen LogP contribution in [0.3, 0.4) is 0 Å². The first kappa shape index (κ1) is 12.3. The summed E-state index contributed by atoms with van der Waals surface area (Å²) in [5.41, 5.74) is 9.63. The summed E-state index contributed by atoms with van der Waals surface area (Å²) in [6, 6.07) is 11.3. The van der Waals surface area contributed by atoms with E-state index in [0.29, 0.717) is 16.0 Å². The fraction of sp³-hybridized carbons (Fsp3) is 0.0714. The molecule has 0 amide bonds. The predicted octanol–water partition coefficient (Wildman–Crippen LogP) is 4.22.